The predicted octanol–water partition coefficient (Wildman–Crippen LogP) is 5.40. The Bertz CT molecular complexity index is 858. The highest BCUT2D eigenvalue weighted by Gasteiger charge is 2.19. The van der Waals surface area contributed by atoms with Crippen molar-refractivity contribution in [2.24, 2.45) is 0 Å². The van der Waals surface area contributed by atoms with Crippen molar-refractivity contribution in [2.75, 3.05) is 5.32 Å². The summed E-state index contributed by atoms with van der Waals surface area (Å²) in [5, 5.41) is 5.01. The Hall–Kier alpha value is -2.33. The van der Waals surface area contributed by atoms with Crippen LogP contribution < -0.4 is 10.1 Å². The smallest absolute Gasteiger partial charge is 0.265 e. The van der Waals surface area contributed by atoms with E-state index in [4.69, 9.17) is 4.74 Å². The predicted molar refractivity (Wildman–Crippen MR) is 101 cm³/mol. The maximum atomic E-state index is 12.5. The summed E-state index contributed by atoms with van der Waals surface area (Å²) in [6.45, 7) is 1.94. The van der Waals surface area contributed by atoms with Gasteiger partial charge in [0, 0.05) is 15.5 Å². The van der Waals surface area contributed by atoms with E-state index in [2.05, 4.69) is 21.2 Å². The van der Waals surface area contributed by atoms with Gasteiger partial charge in [-0.2, -0.15) is 0 Å². The van der Waals surface area contributed by atoms with E-state index in [1.807, 2.05) is 73.7 Å². The maximum Gasteiger partial charge on any atom is 0.265 e. The third kappa shape index (κ3) is 3.77. The van der Waals surface area contributed by atoms with Crippen molar-refractivity contribution in [2.45, 2.75) is 19.4 Å². The fourth-order valence-corrected chi connectivity index (χ4v) is 2.96. The topological polar surface area (TPSA) is 38.3 Å². The van der Waals surface area contributed by atoms with Gasteiger partial charge in [-0.1, -0.05) is 65.3 Å². The zero-order valence-electron chi connectivity index (χ0n) is 13.3. The number of halogens is 1. The molecule has 1 N–H and O–H groups in total. The molecule has 3 aromatic rings. The van der Waals surface area contributed by atoms with Gasteiger partial charge in [0.1, 0.15) is 5.75 Å². The number of carbonyl (C=O) groups excluding carboxylic acids is 1. The molecule has 0 fully saturated rings. The first kappa shape index (κ1) is 16.5. The van der Waals surface area contributed by atoms with Crippen LogP contribution in [0.5, 0.6) is 5.75 Å². The van der Waals surface area contributed by atoms with Gasteiger partial charge in [0.2, 0.25) is 0 Å². The minimum Gasteiger partial charge on any atom is -0.480 e. The molecule has 3 rings (SSSR count). The van der Waals surface area contributed by atoms with Gasteiger partial charge in [-0.15, -0.1) is 0 Å². The molecule has 0 bridgehead atoms. The highest BCUT2D eigenvalue weighted by Crippen LogP contribution is 2.27. The number of rotatable bonds is 5. The number of amides is 1. The number of nitrogens with one attached hydrogen (secondary N) is 1. The van der Waals surface area contributed by atoms with E-state index >= 15 is 0 Å². The lowest BCUT2D eigenvalue weighted by Crippen LogP contribution is -2.32. The lowest BCUT2D eigenvalue weighted by molar-refractivity contribution is -0.122. The van der Waals surface area contributed by atoms with E-state index in [0.29, 0.717) is 6.42 Å². The Kier molecular flexibility index (Phi) is 5.16. The molecular weight excluding hydrogens is 366 g/mol. The minimum absolute atomic E-state index is 0.150. The van der Waals surface area contributed by atoms with Crippen LogP contribution in [0.2, 0.25) is 0 Å². The quantitative estimate of drug-likeness (QED) is 0.640. The number of benzene rings is 3. The Labute approximate surface area is 149 Å². The normalized spacial score (nSPS) is 11.9. The van der Waals surface area contributed by atoms with E-state index in [1.165, 1.54) is 0 Å². The summed E-state index contributed by atoms with van der Waals surface area (Å²) in [4.78, 5) is 12.5. The van der Waals surface area contributed by atoms with E-state index in [0.717, 1.165) is 26.7 Å². The molecule has 0 unspecified atom stereocenters. The molecule has 1 atom stereocenters. The molecule has 3 aromatic carbocycles. The second-order valence-corrected chi connectivity index (χ2v) is 6.41. The van der Waals surface area contributed by atoms with Crippen LogP contribution in [-0.4, -0.2) is 12.0 Å². The lowest BCUT2D eigenvalue weighted by Gasteiger charge is -2.18. The van der Waals surface area contributed by atoms with E-state index in [-0.39, 0.29) is 5.91 Å². The number of hydrogen-bond donors (Lipinski definition) is 1. The maximum absolute atomic E-state index is 12.5. The molecule has 0 aliphatic rings. The number of ether oxygens (including phenoxy) is 1. The van der Waals surface area contributed by atoms with Gasteiger partial charge in [0.05, 0.1) is 0 Å². The van der Waals surface area contributed by atoms with Gasteiger partial charge in [0.25, 0.3) is 5.91 Å². The average Bonchev–Trinajstić information content (AvgIpc) is 2.59. The van der Waals surface area contributed by atoms with Crippen LogP contribution >= 0.6 is 15.9 Å². The Balaban J connectivity index is 1.79. The highest BCUT2D eigenvalue weighted by molar-refractivity contribution is 9.10. The van der Waals surface area contributed by atoms with E-state index in [9.17, 15) is 4.79 Å². The minimum atomic E-state index is -0.546. The zero-order valence-corrected chi connectivity index (χ0v) is 14.9. The van der Waals surface area contributed by atoms with Crippen molar-refractivity contribution >= 4 is 38.3 Å². The first-order valence-corrected chi connectivity index (χ1v) is 8.67. The van der Waals surface area contributed by atoms with Gasteiger partial charge in [-0.25, -0.2) is 0 Å². The van der Waals surface area contributed by atoms with Gasteiger partial charge in [-0.05, 0) is 36.1 Å². The molecular formula is C20H18BrNO2. The number of carbonyl (C=O) groups is 1. The molecule has 0 aliphatic heterocycles. The van der Waals surface area contributed by atoms with Crippen molar-refractivity contribution in [1.82, 2.24) is 0 Å². The monoisotopic (exact) mass is 383 g/mol. The largest absolute Gasteiger partial charge is 0.480 e. The van der Waals surface area contributed by atoms with Gasteiger partial charge < -0.3 is 10.1 Å². The summed E-state index contributed by atoms with van der Waals surface area (Å²) in [5.41, 5.74) is 0.745. The molecule has 0 saturated carbocycles. The van der Waals surface area contributed by atoms with Crippen molar-refractivity contribution in [1.29, 1.82) is 0 Å². The Morgan fingerprint density at radius 3 is 2.62 bits per heavy atom. The number of anilines is 1. The van der Waals surface area contributed by atoms with Crippen LogP contribution in [0.1, 0.15) is 13.3 Å². The SMILES string of the molecule is CC[C@@H](Oc1cccc2ccccc12)C(=O)Nc1cccc(Br)c1. The summed E-state index contributed by atoms with van der Waals surface area (Å²) >= 11 is 3.40. The summed E-state index contributed by atoms with van der Waals surface area (Å²) < 4.78 is 6.94. The van der Waals surface area contributed by atoms with Gasteiger partial charge in [-0.3, -0.25) is 4.79 Å². The van der Waals surface area contributed by atoms with Crippen LogP contribution in [-0.2, 0) is 4.79 Å². The fourth-order valence-electron chi connectivity index (χ4n) is 2.56. The molecule has 1 amide bonds. The summed E-state index contributed by atoms with van der Waals surface area (Å²) in [6, 6.07) is 21.4. The van der Waals surface area contributed by atoms with Crippen LogP contribution in [0.3, 0.4) is 0 Å². The highest BCUT2D eigenvalue weighted by atomic mass is 79.9. The molecule has 0 heterocycles. The first-order chi connectivity index (χ1) is 11.7. The van der Waals surface area contributed by atoms with Gasteiger partial charge >= 0.3 is 0 Å². The Morgan fingerprint density at radius 2 is 1.83 bits per heavy atom. The molecule has 0 saturated heterocycles. The second kappa shape index (κ2) is 7.49. The molecule has 122 valence electrons. The number of hydrogen-bond acceptors (Lipinski definition) is 2. The molecule has 0 aromatic heterocycles. The van der Waals surface area contributed by atoms with Crippen molar-refractivity contribution in [3.8, 4) is 5.75 Å². The summed E-state index contributed by atoms with van der Waals surface area (Å²) in [7, 11) is 0. The van der Waals surface area contributed by atoms with Crippen LogP contribution in [0.4, 0.5) is 5.69 Å². The fraction of sp³-hybridized carbons (Fsp3) is 0.150. The zero-order chi connectivity index (χ0) is 16.9. The summed E-state index contributed by atoms with van der Waals surface area (Å²) in [6.07, 6.45) is 0.0399. The standard InChI is InChI=1S/C20H18BrNO2/c1-2-18(20(23)22-16-10-6-9-15(21)13-16)24-19-12-5-8-14-7-3-4-11-17(14)19/h3-13,18H,2H2,1H3,(H,22,23)/t18-/m1/s1. The molecule has 0 spiro atoms. The number of fused-ring (bicyclic) bond motifs is 1. The molecule has 0 radical (unpaired) electrons. The second-order valence-electron chi connectivity index (χ2n) is 5.49. The summed E-state index contributed by atoms with van der Waals surface area (Å²) in [5.74, 6) is 0.577. The molecule has 4 heteroatoms. The molecule has 24 heavy (non-hydrogen) atoms. The molecule has 3 nitrogen and oxygen atoms in total. The van der Waals surface area contributed by atoms with Crippen molar-refractivity contribution < 1.29 is 9.53 Å². The lowest BCUT2D eigenvalue weighted by atomic mass is 10.1. The average molecular weight is 384 g/mol. The van der Waals surface area contributed by atoms with Crippen molar-refractivity contribution in [3.05, 3.63) is 71.2 Å². The third-order valence-electron chi connectivity index (χ3n) is 3.77. The van der Waals surface area contributed by atoms with Crippen molar-refractivity contribution in [3.63, 3.8) is 0 Å². The Morgan fingerprint density at radius 1 is 1.08 bits per heavy atom. The van der Waals surface area contributed by atoms with E-state index in [1.54, 1.807) is 0 Å². The van der Waals surface area contributed by atoms with Crippen LogP contribution in [0.15, 0.2) is 71.2 Å². The third-order valence-corrected chi connectivity index (χ3v) is 4.27. The van der Waals surface area contributed by atoms with Crippen LogP contribution in [0.25, 0.3) is 10.8 Å². The van der Waals surface area contributed by atoms with Crippen LogP contribution in [0, 0.1) is 0 Å². The van der Waals surface area contributed by atoms with Gasteiger partial charge in [0.15, 0.2) is 6.10 Å². The molecule has 0 aliphatic carbocycles. The first-order valence-electron chi connectivity index (χ1n) is 7.88. The van der Waals surface area contributed by atoms with E-state index < -0.39 is 6.10 Å².